The Morgan fingerprint density at radius 2 is 2.18 bits per heavy atom. The quantitative estimate of drug-likeness (QED) is 0.519. The maximum Gasteiger partial charge on any atom is 0.407 e. The van der Waals surface area contributed by atoms with Gasteiger partial charge in [0.25, 0.3) is 0 Å². The lowest BCUT2D eigenvalue weighted by atomic mass is 10.2. The van der Waals surface area contributed by atoms with Crippen LogP contribution in [0.15, 0.2) is 4.99 Å². The number of nitrogens with two attached hydrogens (primary N) is 1. The van der Waals surface area contributed by atoms with Gasteiger partial charge in [-0.05, 0) is 27.2 Å². The average Bonchev–Trinajstić information content (AvgIpc) is 2.62. The van der Waals surface area contributed by atoms with E-state index in [9.17, 15) is 4.79 Å². The van der Waals surface area contributed by atoms with Crippen LogP contribution < -0.4 is 11.1 Å². The van der Waals surface area contributed by atoms with Crippen molar-refractivity contribution < 1.29 is 9.53 Å². The summed E-state index contributed by atoms with van der Waals surface area (Å²) in [6.07, 6.45) is 0.478. The second-order valence-corrected chi connectivity index (χ2v) is 5.16. The van der Waals surface area contributed by atoms with Gasteiger partial charge in [-0.3, -0.25) is 4.99 Å². The van der Waals surface area contributed by atoms with Gasteiger partial charge in [0, 0.05) is 20.1 Å². The van der Waals surface area contributed by atoms with Gasteiger partial charge in [-0.1, -0.05) is 0 Å². The number of hydrogen-bond acceptors (Lipinski definition) is 3. The van der Waals surface area contributed by atoms with E-state index < -0.39 is 5.60 Å². The van der Waals surface area contributed by atoms with Crippen molar-refractivity contribution >= 4 is 12.1 Å². The predicted octanol–water partition coefficient (Wildman–Crippen LogP) is 0.530. The first-order valence-electron chi connectivity index (χ1n) is 5.78. The van der Waals surface area contributed by atoms with Crippen LogP contribution in [0.25, 0.3) is 0 Å². The molecule has 1 aliphatic heterocycles. The van der Waals surface area contributed by atoms with Crippen molar-refractivity contribution in [2.45, 2.75) is 38.8 Å². The van der Waals surface area contributed by atoms with Gasteiger partial charge in [0.1, 0.15) is 5.60 Å². The molecule has 0 saturated carbocycles. The summed E-state index contributed by atoms with van der Waals surface area (Å²) in [6, 6.07) is 0.0742. The average molecular weight is 242 g/mol. The maximum absolute atomic E-state index is 11.5. The number of guanidine groups is 1. The molecule has 1 saturated heterocycles. The number of nitrogens with one attached hydrogen (secondary N) is 1. The molecule has 1 heterocycles. The third-order valence-corrected chi connectivity index (χ3v) is 2.46. The largest absolute Gasteiger partial charge is 0.444 e. The van der Waals surface area contributed by atoms with E-state index in [1.165, 1.54) is 0 Å². The van der Waals surface area contributed by atoms with E-state index in [0.717, 1.165) is 13.0 Å². The highest BCUT2D eigenvalue weighted by Crippen LogP contribution is 2.11. The highest BCUT2D eigenvalue weighted by molar-refractivity contribution is 5.78. The first-order valence-corrected chi connectivity index (χ1v) is 5.78. The number of aliphatic imine (C=N–C) groups is 1. The third-order valence-electron chi connectivity index (χ3n) is 2.46. The number of alkyl carbamates (subject to hydrolysis) is 1. The van der Waals surface area contributed by atoms with E-state index in [4.69, 9.17) is 10.5 Å². The van der Waals surface area contributed by atoms with Crippen LogP contribution in [0.4, 0.5) is 4.79 Å². The van der Waals surface area contributed by atoms with E-state index in [1.54, 1.807) is 7.05 Å². The van der Waals surface area contributed by atoms with Crippen molar-refractivity contribution in [1.82, 2.24) is 10.2 Å². The highest BCUT2D eigenvalue weighted by atomic mass is 16.6. The summed E-state index contributed by atoms with van der Waals surface area (Å²) in [6.45, 7) is 7.02. The number of rotatable bonds is 1. The monoisotopic (exact) mass is 242 g/mol. The lowest BCUT2D eigenvalue weighted by molar-refractivity contribution is 0.0507. The molecule has 0 aromatic carbocycles. The van der Waals surface area contributed by atoms with Gasteiger partial charge >= 0.3 is 6.09 Å². The molecule has 1 unspecified atom stereocenters. The van der Waals surface area contributed by atoms with E-state index in [-0.39, 0.29) is 12.1 Å². The summed E-state index contributed by atoms with van der Waals surface area (Å²) in [5.41, 5.74) is 5.24. The fraction of sp³-hybridized carbons (Fsp3) is 0.818. The number of likely N-dealkylation sites (tertiary alicyclic amines) is 1. The molecule has 0 radical (unpaired) electrons. The molecular formula is C11H22N4O2. The molecule has 0 bridgehead atoms. The number of hydrogen-bond donors (Lipinski definition) is 2. The molecule has 1 amide bonds. The van der Waals surface area contributed by atoms with E-state index >= 15 is 0 Å². The minimum absolute atomic E-state index is 0.0742. The first kappa shape index (κ1) is 13.6. The lowest BCUT2D eigenvalue weighted by Gasteiger charge is -2.22. The molecule has 17 heavy (non-hydrogen) atoms. The molecule has 1 rings (SSSR count). The van der Waals surface area contributed by atoms with Gasteiger partial charge in [-0.15, -0.1) is 0 Å². The van der Waals surface area contributed by atoms with Gasteiger partial charge in [-0.2, -0.15) is 0 Å². The molecule has 6 heteroatoms. The van der Waals surface area contributed by atoms with Crippen molar-refractivity contribution in [3.8, 4) is 0 Å². The topological polar surface area (TPSA) is 80.0 Å². The molecule has 3 N–H and O–H groups in total. The Bertz CT molecular complexity index is 309. The maximum atomic E-state index is 11.5. The number of nitrogens with zero attached hydrogens (tertiary/aromatic N) is 2. The van der Waals surface area contributed by atoms with Gasteiger partial charge in [0.05, 0.1) is 6.04 Å². The minimum Gasteiger partial charge on any atom is -0.444 e. The van der Waals surface area contributed by atoms with Gasteiger partial charge in [0.15, 0.2) is 5.96 Å². The second kappa shape index (κ2) is 5.25. The highest BCUT2D eigenvalue weighted by Gasteiger charge is 2.26. The molecule has 1 aliphatic rings. The number of amides is 1. The summed E-state index contributed by atoms with van der Waals surface area (Å²) in [5.74, 6) is 0.512. The van der Waals surface area contributed by atoms with Crippen LogP contribution in [0.1, 0.15) is 27.2 Å². The van der Waals surface area contributed by atoms with Crippen LogP contribution >= 0.6 is 0 Å². The zero-order valence-electron chi connectivity index (χ0n) is 11.0. The molecule has 1 atom stereocenters. The van der Waals surface area contributed by atoms with Crippen LogP contribution in [-0.4, -0.2) is 48.7 Å². The van der Waals surface area contributed by atoms with Crippen LogP contribution in [0.2, 0.25) is 0 Å². The summed E-state index contributed by atoms with van der Waals surface area (Å²) in [7, 11) is 1.66. The summed E-state index contributed by atoms with van der Waals surface area (Å²) < 4.78 is 5.19. The van der Waals surface area contributed by atoms with E-state index in [2.05, 4.69) is 10.3 Å². The zero-order valence-corrected chi connectivity index (χ0v) is 11.0. The van der Waals surface area contributed by atoms with Crippen LogP contribution in [0, 0.1) is 0 Å². The Morgan fingerprint density at radius 1 is 1.53 bits per heavy atom. The number of ether oxygens (including phenoxy) is 1. The third kappa shape index (κ3) is 4.50. The SMILES string of the molecule is CN=C(N)N1CCC(NC(=O)OC(C)(C)C)C1. The molecule has 0 aromatic rings. The fourth-order valence-corrected chi connectivity index (χ4v) is 1.70. The van der Waals surface area contributed by atoms with Crippen LogP contribution in [-0.2, 0) is 4.74 Å². The Morgan fingerprint density at radius 3 is 2.71 bits per heavy atom. The minimum atomic E-state index is -0.466. The number of carbonyl (C=O) groups is 1. The normalized spacial score (nSPS) is 21.5. The van der Waals surface area contributed by atoms with Crippen molar-refractivity contribution in [2.24, 2.45) is 10.7 Å². The molecule has 0 aromatic heterocycles. The Kier molecular flexibility index (Phi) is 4.20. The van der Waals surface area contributed by atoms with Crippen LogP contribution in [0.3, 0.4) is 0 Å². The van der Waals surface area contributed by atoms with Gasteiger partial charge in [-0.25, -0.2) is 4.79 Å². The first-order chi connectivity index (χ1) is 7.81. The Hall–Kier alpha value is -1.46. The Labute approximate surface area is 102 Å². The smallest absolute Gasteiger partial charge is 0.407 e. The Balaban J connectivity index is 2.38. The molecule has 0 spiro atoms. The van der Waals surface area contributed by atoms with Crippen molar-refractivity contribution in [3.63, 3.8) is 0 Å². The zero-order chi connectivity index (χ0) is 13.1. The van der Waals surface area contributed by atoms with E-state index in [1.807, 2.05) is 25.7 Å². The molecule has 1 fully saturated rings. The van der Waals surface area contributed by atoms with Crippen molar-refractivity contribution in [3.05, 3.63) is 0 Å². The van der Waals surface area contributed by atoms with Gasteiger partial charge < -0.3 is 20.7 Å². The molecular weight excluding hydrogens is 220 g/mol. The van der Waals surface area contributed by atoms with Crippen molar-refractivity contribution in [1.29, 1.82) is 0 Å². The molecule has 98 valence electrons. The summed E-state index contributed by atoms with van der Waals surface area (Å²) in [5, 5.41) is 2.83. The number of carbonyl (C=O) groups excluding carboxylic acids is 1. The fourth-order valence-electron chi connectivity index (χ4n) is 1.70. The standard InChI is InChI=1S/C11H22N4O2/c1-11(2,3)17-10(16)14-8-5-6-15(7-8)9(12)13-4/h8H,5-7H2,1-4H3,(H2,12,13)(H,14,16). The van der Waals surface area contributed by atoms with Crippen molar-refractivity contribution in [2.75, 3.05) is 20.1 Å². The summed E-state index contributed by atoms with van der Waals surface area (Å²) in [4.78, 5) is 17.4. The molecule has 6 nitrogen and oxygen atoms in total. The van der Waals surface area contributed by atoms with Crippen LogP contribution in [0.5, 0.6) is 0 Å². The van der Waals surface area contributed by atoms with Gasteiger partial charge in [0.2, 0.25) is 0 Å². The summed E-state index contributed by atoms with van der Waals surface area (Å²) >= 11 is 0. The lowest BCUT2D eigenvalue weighted by Crippen LogP contribution is -2.42. The molecule has 0 aliphatic carbocycles. The predicted molar refractivity (Wildman–Crippen MR) is 66.9 cm³/mol. The van der Waals surface area contributed by atoms with E-state index in [0.29, 0.717) is 12.5 Å². The second-order valence-electron chi connectivity index (χ2n) is 5.16.